The van der Waals surface area contributed by atoms with Gasteiger partial charge >= 0.3 is 0 Å². The monoisotopic (exact) mass is 410 g/mol. The molecule has 0 saturated heterocycles. The Balaban J connectivity index is 1.66. The van der Waals surface area contributed by atoms with Crippen molar-refractivity contribution in [3.63, 3.8) is 0 Å². The van der Waals surface area contributed by atoms with Crippen molar-refractivity contribution >= 4 is 27.3 Å². The molecule has 0 radical (unpaired) electrons. The van der Waals surface area contributed by atoms with Gasteiger partial charge in [-0.15, -0.1) is 0 Å². The minimum absolute atomic E-state index is 0.322. The van der Waals surface area contributed by atoms with Crippen LogP contribution in [0, 0.1) is 6.92 Å². The Hall–Kier alpha value is -3.32. The van der Waals surface area contributed by atoms with Gasteiger partial charge in [0.25, 0.3) is 5.91 Å². The molecule has 0 aromatic heterocycles. The van der Waals surface area contributed by atoms with Crippen molar-refractivity contribution in [3.8, 4) is 5.75 Å². The fraction of sp³-hybridized carbons (Fsp3) is 0.136. The van der Waals surface area contributed by atoms with Crippen LogP contribution < -0.4 is 14.8 Å². The van der Waals surface area contributed by atoms with Crippen molar-refractivity contribution in [2.75, 3.05) is 16.3 Å². The third-order valence-electron chi connectivity index (χ3n) is 4.23. The molecule has 1 amide bonds. The topological polar surface area (TPSA) is 84.5 Å². The van der Waals surface area contributed by atoms with Gasteiger partial charge in [0.15, 0.2) is 0 Å². The molecule has 0 aliphatic heterocycles. The lowest BCUT2D eigenvalue weighted by molar-refractivity contribution is 0.102. The van der Waals surface area contributed by atoms with Crippen molar-refractivity contribution in [2.45, 2.75) is 13.5 Å². The summed E-state index contributed by atoms with van der Waals surface area (Å²) in [6, 6.07) is 21.8. The van der Waals surface area contributed by atoms with Crippen LogP contribution in [0.15, 0.2) is 72.8 Å². The van der Waals surface area contributed by atoms with E-state index in [1.807, 2.05) is 30.3 Å². The molecular weight excluding hydrogens is 388 g/mol. The molecule has 6 nitrogen and oxygen atoms in total. The van der Waals surface area contributed by atoms with Gasteiger partial charge in [-0.05, 0) is 54.4 Å². The lowest BCUT2D eigenvalue weighted by Gasteiger charge is -2.13. The molecule has 29 heavy (non-hydrogen) atoms. The van der Waals surface area contributed by atoms with Gasteiger partial charge in [-0.25, -0.2) is 8.42 Å². The van der Waals surface area contributed by atoms with E-state index in [-0.39, 0.29) is 5.91 Å². The van der Waals surface area contributed by atoms with Gasteiger partial charge in [0.05, 0.1) is 11.9 Å². The van der Waals surface area contributed by atoms with Gasteiger partial charge in [-0.2, -0.15) is 0 Å². The minimum atomic E-state index is -3.43. The zero-order valence-corrected chi connectivity index (χ0v) is 17.0. The average Bonchev–Trinajstić information content (AvgIpc) is 2.69. The van der Waals surface area contributed by atoms with Crippen LogP contribution in [0.5, 0.6) is 5.75 Å². The number of carbonyl (C=O) groups is 1. The Morgan fingerprint density at radius 1 is 0.931 bits per heavy atom. The van der Waals surface area contributed by atoms with Crippen molar-refractivity contribution in [3.05, 3.63) is 89.5 Å². The molecule has 2 N–H and O–H groups in total. The van der Waals surface area contributed by atoms with E-state index in [0.717, 1.165) is 11.8 Å². The summed E-state index contributed by atoms with van der Waals surface area (Å²) < 4.78 is 31.1. The highest BCUT2D eigenvalue weighted by Crippen LogP contribution is 2.22. The zero-order chi connectivity index (χ0) is 20.9. The molecule has 0 atom stereocenters. The van der Waals surface area contributed by atoms with Crippen LogP contribution in [0.4, 0.5) is 11.4 Å². The number of ether oxygens (including phenoxy) is 1. The van der Waals surface area contributed by atoms with Crippen LogP contribution in [0.25, 0.3) is 0 Å². The molecule has 0 fully saturated rings. The molecule has 0 unspecified atom stereocenters. The van der Waals surface area contributed by atoms with E-state index >= 15 is 0 Å². The maximum Gasteiger partial charge on any atom is 0.256 e. The van der Waals surface area contributed by atoms with Crippen LogP contribution in [0.1, 0.15) is 21.5 Å². The number of nitrogens with one attached hydrogen (secondary N) is 2. The summed E-state index contributed by atoms with van der Waals surface area (Å²) in [5, 5.41) is 2.82. The number of rotatable bonds is 7. The molecular formula is C22H22N2O4S. The Morgan fingerprint density at radius 3 is 2.28 bits per heavy atom. The van der Waals surface area contributed by atoms with E-state index in [2.05, 4.69) is 10.0 Å². The van der Waals surface area contributed by atoms with Crippen LogP contribution in [0.2, 0.25) is 0 Å². The van der Waals surface area contributed by atoms with Crippen LogP contribution in [-0.2, 0) is 16.6 Å². The Labute approximate surface area is 170 Å². The lowest BCUT2D eigenvalue weighted by Crippen LogP contribution is -2.16. The van der Waals surface area contributed by atoms with Crippen molar-refractivity contribution in [2.24, 2.45) is 0 Å². The van der Waals surface area contributed by atoms with E-state index in [9.17, 15) is 13.2 Å². The molecule has 0 heterocycles. The lowest BCUT2D eigenvalue weighted by atomic mass is 10.1. The summed E-state index contributed by atoms with van der Waals surface area (Å²) in [6.07, 6.45) is 1.07. The number of carbonyl (C=O) groups excluding carboxylic acids is 1. The van der Waals surface area contributed by atoms with E-state index in [1.165, 1.54) is 0 Å². The third-order valence-corrected chi connectivity index (χ3v) is 4.82. The number of amides is 1. The highest BCUT2D eigenvalue weighted by atomic mass is 32.2. The molecule has 150 valence electrons. The van der Waals surface area contributed by atoms with Crippen molar-refractivity contribution in [1.29, 1.82) is 0 Å². The summed E-state index contributed by atoms with van der Waals surface area (Å²) in [6.45, 7) is 2.16. The third kappa shape index (κ3) is 5.83. The van der Waals surface area contributed by atoms with Crippen molar-refractivity contribution in [1.82, 2.24) is 0 Å². The predicted octanol–water partition coefficient (Wildman–Crippen LogP) is 4.20. The zero-order valence-electron chi connectivity index (χ0n) is 16.2. The molecule has 0 spiro atoms. The normalized spacial score (nSPS) is 11.0. The summed E-state index contributed by atoms with van der Waals surface area (Å²) in [4.78, 5) is 12.6. The highest BCUT2D eigenvalue weighted by molar-refractivity contribution is 7.92. The molecule has 7 heteroatoms. The van der Waals surface area contributed by atoms with Gasteiger partial charge in [-0.3, -0.25) is 9.52 Å². The van der Waals surface area contributed by atoms with Gasteiger partial charge in [-0.1, -0.05) is 36.4 Å². The summed E-state index contributed by atoms with van der Waals surface area (Å²) in [5.41, 5.74) is 3.01. The molecule has 3 aromatic rings. The average molecular weight is 410 g/mol. The van der Waals surface area contributed by atoms with Crippen molar-refractivity contribution < 1.29 is 17.9 Å². The first-order valence-corrected chi connectivity index (χ1v) is 10.9. The number of hydrogen-bond donors (Lipinski definition) is 2. The first-order valence-electron chi connectivity index (χ1n) is 8.97. The summed E-state index contributed by atoms with van der Waals surface area (Å²) >= 11 is 0. The number of benzene rings is 3. The van der Waals surface area contributed by atoms with Gasteiger partial charge in [0.2, 0.25) is 10.0 Å². The fourth-order valence-electron chi connectivity index (χ4n) is 2.77. The fourth-order valence-corrected chi connectivity index (χ4v) is 3.39. The standard InChI is InChI=1S/C22H22N2O4S/c1-16-20(9-6-10-21(16)24-29(2,26)27)22(25)23-18-11-13-19(14-12-18)28-15-17-7-4-3-5-8-17/h3-14,24H,15H2,1-2H3,(H,23,25). The smallest absolute Gasteiger partial charge is 0.256 e. The molecule has 0 bridgehead atoms. The highest BCUT2D eigenvalue weighted by Gasteiger charge is 2.14. The first kappa shape index (κ1) is 20.4. The molecule has 0 saturated carbocycles. The van der Waals surface area contributed by atoms with E-state index in [1.54, 1.807) is 49.4 Å². The molecule has 3 aromatic carbocycles. The molecule has 3 rings (SSSR count). The SMILES string of the molecule is Cc1c(NS(C)(=O)=O)cccc1C(=O)Nc1ccc(OCc2ccccc2)cc1. The summed E-state index contributed by atoms with van der Waals surface area (Å²) in [5.74, 6) is 0.375. The quantitative estimate of drug-likeness (QED) is 0.611. The largest absolute Gasteiger partial charge is 0.489 e. The summed E-state index contributed by atoms with van der Waals surface area (Å²) in [7, 11) is -3.43. The van der Waals surface area contributed by atoms with Crippen LogP contribution >= 0.6 is 0 Å². The second kappa shape index (κ2) is 8.79. The van der Waals surface area contributed by atoms with Gasteiger partial charge < -0.3 is 10.1 Å². The van der Waals surface area contributed by atoms with Crippen LogP contribution in [0.3, 0.4) is 0 Å². The van der Waals surface area contributed by atoms with E-state index < -0.39 is 10.0 Å². The Bertz CT molecular complexity index is 1100. The Morgan fingerprint density at radius 2 is 1.62 bits per heavy atom. The van der Waals surface area contributed by atoms with E-state index in [4.69, 9.17) is 4.74 Å². The van der Waals surface area contributed by atoms with E-state index in [0.29, 0.717) is 34.9 Å². The number of sulfonamides is 1. The van der Waals surface area contributed by atoms with Gasteiger partial charge in [0.1, 0.15) is 12.4 Å². The van der Waals surface area contributed by atoms with Crippen LogP contribution in [-0.4, -0.2) is 20.6 Å². The number of hydrogen-bond acceptors (Lipinski definition) is 4. The van der Waals surface area contributed by atoms with Gasteiger partial charge in [0, 0.05) is 11.3 Å². The maximum absolute atomic E-state index is 12.6. The molecule has 0 aliphatic carbocycles. The second-order valence-electron chi connectivity index (χ2n) is 6.61. The Kier molecular flexibility index (Phi) is 6.19. The number of anilines is 2. The minimum Gasteiger partial charge on any atom is -0.489 e. The predicted molar refractivity (Wildman–Crippen MR) is 115 cm³/mol. The maximum atomic E-state index is 12.6. The first-order chi connectivity index (χ1) is 13.8. The second-order valence-corrected chi connectivity index (χ2v) is 8.35. The molecule has 0 aliphatic rings.